The van der Waals surface area contributed by atoms with Crippen molar-refractivity contribution in [3.05, 3.63) is 89.0 Å². The summed E-state index contributed by atoms with van der Waals surface area (Å²) in [5, 5.41) is 0. The van der Waals surface area contributed by atoms with E-state index in [4.69, 9.17) is 14.8 Å². The molecular formula is C21H19NNaO5P. The van der Waals surface area contributed by atoms with Gasteiger partial charge >= 0.3 is 37.4 Å². The summed E-state index contributed by atoms with van der Waals surface area (Å²) in [7, 11) is -4.63. The van der Waals surface area contributed by atoms with Gasteiger partial charge in [-0.2, -0.15) is 0 Å². The van der Waals surface area contributed by atoms with E-state index in [2.05, 4.69) is 0 Å². The van der Waals surface area contributed by atoms with Gasteiger partial charge in [-0.3, -0.25) is 4.79 Å². The Labute approximate surface area is 191 Å². The van der Waals surface area contributed by atoms with Crippen LogP contribution in [0.2, 0.25) is 0 Å². The van der Waals surface area contributed by atoms with Gasteiger partial charge in [-0.15, -0.1) is 0 Å². The van der Waals surface area contributed by atoms with Gasteiger partial charge in [-0.25, -0.2) is 4.57 Å². The Bertz CT molecular complexity index is 1050. The van der Waals surface area contributed by atoms with Gasteiger partial charge in [-0.05, 0) is 73.5 Å². The van der Waals surface area contributed by atoms with Crippen molar-refractivity contribution in [1.82, 2.24) is 0 Å². The van der Waals surface area contributed by atoms with E-state index >= 15 is 0 Å². The summed E-state index contributed by atoms with van der Waals surface area (Å²) in [6.45, 7) is 3.68. The number of ketones is 1. The van der Waals surface area contributed by atoms with Gasteiger partial charge in [0.15, 0.2) is 5.78 Å². The van der Waals surface area contributed by atoms with E-state index in [9.17, 15) is 14.3 Å². The van der Waals surface area contributed by atoms with Gasteiger partial charge in [0.05, 0.1) is 0 Å². The van der Waals surface area contributed by atoms with Gasteiger partial charge in [0.1, 0.15) is 11.5 Å². The van der Waals surface area contributed by atoms with Crippen LogP contribution in [-0.2, 0) is 4.57 Å². The monoisotopic (exact) mass is 419 g/mol. The molecule has 3 aromatic carbocycles. The summed E-state index contributed by atoms with van der Waals surface area (Å²) < 4.78 is 22.2. The Morgan fingerprint density at radius 1 is 0.862 bits per heavy atom. The molecule has 3 aromatic rings. The topological polar surface area (TPSA) is 102 Å². The standard InChI is InChI=1S/C21H20NO5P.Na/c1-14-10-15(2)12-20(11-14)27-28(24,25)26-19-8-6-16(7-9-19)21(23)17-4-3-5-18(22)13-17;/h3-13H,22H2,1-2H3,(H,24,25);/q;+1/p-1. The number of nitrogens with two attached hydrogens (primary N) is 1. The van der Waals surface area contributed by atoms with E-state index in [-0.39, 0.29) is 46.8 Å². The molecule has 1 unspecified atom stereocenters. The zero-order valence-electron chi connectivity index (χ0n) is 16.4. The van der Waals surface area contributed by atoms with Crippen LogP contribution in [0.25, 0.3) is 0 Å². The molecule has 0 aliphatic heterocycles. The molecule has 0 saturated heterocycles. The molecule has 0 aromatic heterocycles. The quantitative estimate of drug-likeness (QED) is 0.277. The van der Waals surface area contributed by atoms with Crippen molar-refractivity contribution in [3.63, 3.8) is 0 Å². The van der Waals surface area contributed by atoms with Crippen LogP contribution in [0.1, 0.15) is 27.0 Å². The molecule has 29 heavy (non-hydrogen) atoms. The maximum Gasteiger partial charge on any atom is 1.00 e. The van der Waals surface area contributed by atoms with Crippen molar-refractivity contribution in [2.75, 3.05) is 5.73 Å². The summed E-state index contributed by atoms with van der Waals surface area (Å²) in [5.74, 6) is 0.00627. The van der Waals surface area contributed by atoms with Crippen LogP contribution < -0.4 is 49.2 Å². The number of rotatable bonds is 6. The first-order chi connectivity index (χ1) is 13.2. The number of phosphoric ester groups is 1. The Morgan fingerprint density at radius 2 is 1.45 bits per heavy atom. The third kappa shape index (κ3) is 6.46. The molecule has 0 heterocycles. The minimum absolute atomic E-state index is 0. The van der Waals surface area contributed by atoms with Gasteiger partial charge in [-0.1, -0.05) is 18.2 Å². The molecule has 0 spiro atoms. The van der Waals surface area contributed by atoms with E-state index in [1.165, 1.54) is 24.3 Å². The first-order valence-electron chi connectivity index (χ1n) is 8.51. The van der Waals surface area contributed by atoms with Gasteiger partial charge in [0, 0.05) is 16.8 Å². The predicted octanol–water partition coefficient (Wildman–Crippen LogP) is 1.05. The zero-order valence-corrected chi connectivity index (χ0v) is 19.3. The van der Waals surface area contributed by atoms with E-state index in [1.54, 1.807) is 36.4 Å². The fraction of sp³-hybridized carbons (Fsp3) is 0.0952. The van der Waals surface area contributed by atoms with Crippen LogP contribution in [0.4, 0.5) is 5.69 Å². The molecule has 0 bridgehead atoms. The Morgan fingerprint density at radius 3 is 2.03 bits per heavy atom. The fourth-order valence-corrected chi connectivity index (χ4v) is 3.56. The second-order valence-corrected chi connectivity index (χ2v) is 7.69. The van der Waals surface area contributed by atoms with Crippen molar-refractivity contribution in [3.8, 4) is 11.5 Å². The first-order valence-corrected chi connectivity index (χ1v) is 9.97. The number of aryl methyl sites for hydroxylation is 2. The number of benzene rings is 3. The average Bonchev–Trinajstić information content (AvgIpc) is 2.60. The molecule has 0 aliphatic rings. The van der Waals surface area contributed by atoms with Crippen LogP contribution in [0.5, 0.6) is 11.5 Å². The number of carbonyl (C=O) groups excluding carboxylic acids is 1. The number of phosphoric acid groups is 1. The molecular weight excluding hydrogens is 400 g/mol. The number of anilines is 1. The second-order valence-electron chi connectivity index (χ2n) is 6.43. The number of nitrogen functional groups attached to an aromatic ring is 1. The summed E-state index contributed by atoms with van der Waals surface area (Å²) in [4.78, 5) is 24.6. The summed E-state index contributed by atoms with van der Waals surface area (Å²) >= 11 is 0. The average molecular weight is 419 g/mol. The van der Waals surface area contributed by atoms with E-state index in [0.717, 1.165) is 11.1 Å². The van der Waals surface area contributed by atoms with Gasteiger partial charge in [0.25, 0.3) is 0 Å². The number of hydrogen-bond donors (Lipinski definition) is 1. The van der Waals surface area contributed by atoms with Crippen molar-refractivity contribution >= 4 is 19.3 Å². The van der Waals surface area contributed by atoms with E-state index in [1.807, 2.05) is 19.9 Å². The molecule has 0 radical (unpaired) electrons. The molecule has 6 nitrogen and oxygen atoms in total. The van der Waals surface area contributed by atoms with Crippen LogP contribution in [0.3, 0.4) is 0 Å². The second kappa shape index (κ2) is 9.61. The zero-order chi connectivity index (χ0) is 20.3. The molecule has 0 amide bonds. The molecule has 1 atom stereocenters. The first kappa shape index (κ1) is 23.2. The van der Waals surface area contributed by atoms with Gasteiger partial charge < -0.3 is 19.7 Å². The van der Waals surface area contributed by atoms with Crippen LogP contribution in [-0.4, -0.2) is 5.78 Å². The molecule has 0 fully saturated rings. The minimum Gasteiger partial charge on any atom is -0.736 e. The maximum absolute atomic E-state index is 12.5. The number of hydrogen-bond acceptors (Lipinski definition) is 6. The largest absolute Gasteiger partial charge is 1.00 e. The SMILES string of the molecule is Cc1cc(C)cc(OP(=O)([O-])Oc2ccc(C(=O)c3cccc(N)c3)cc2)c1.[Na+]. The van der Waals surface area contributed by atoms with Crippen molar-refractivity contribution in [2.24, 2.45) is 0 Å². The molecule has 0 saturated carbocycles. The van der Waals surface area contributed by atoms with Crippen LogP contribution in [0, 0.1) is 13.8 Å². The third-order valence-corrected chi connectivity index (χ3v) is 4.76. The van der Waals surface area contributed by atoms with Crippen molar-refractivity contribution < 1.29 is 52.9 Å². The van der Waals surface area contributed by atoms with Crippen LogP contribution in [0.15, 0.2) is 66.7 Å². The Balaban J connectivity index is 0.00000300. The smallest absolute Gasteiger partial charge is 0.736 e. The fourth-order valence-electron chi connectivity index (χ4n) is 2.78. The Hall–Kier alpha value is -2.08. The Kier molecular flexibility index (Phi) is 7.69. The van der Waals surface area contributed by atoms with Crippen LogP contribution >= 0.6 is 7.82 Å². The van der Waals surface area contributed by atoms with Crippen molar-refractivity contribution in [1.29, 1.82) is 0 Å². The normalized spacial score (nSPS) is 12.4. The van der Waals surface area contributed by atoms with Crippen molar-refractivity contribution in [2.45, 2.75) is 13.8 Å². The number of carbonyl (C=O) groups is 1. The molecule has 2 N–H and O–H groups in total. The summed E-state index contributed by atoms with van der Waals surface area (Å²) in [6, 6.07) is 17.5. The minimum atomic E-state index is -4.63. The molecule has 144 valence electrons. The summed E-state index contributed by atoms with van der Waals surface area (Å²) in [5.41, 5.74) is 8.76. The van der Waals surface area contributed by atoms with E-state index in [0.29, 0.717) is 16.8 Å². The predicted molar refractivity (Wildman–Crippen MR) is 106 cm³/mol. The van der Waals surface area contributed by atoms with Gasteiger partial charge in [0.2, 0.25) is 0 Å². The molecule has 8 heteroatoms. The molecule has 0 aliphatic carbocycles. The summed E-state index contributed by atoms with van der Waals surface area (Å²) in [6.07, 6.45) is 0. The van der Waals surface area contributed by atoms with E-state index < -0.39 is 7.82 Å². The third-order valence-electron chi connectivity index (χ3n) is 3.89. The molecule has 3 rings (SSSR count). The maximum atomic E-state index is 12.5.